The summed E-state index contributed by atoms with van der Waals surface area (Å²) in [6.07, 6.45) is 2.36. The molecule has 0 aromatic heterocycles. The number of carbonyl (C=O) groups excluding carboxylic acids is 1. The molecule has 1 saturated heterocycles. The van der Waals surface area contributed by atoms with Crippen LogP contribution < -0.4 is 5.32 Å². The zero-order chi connectivity index (χ0) is 14.6. The van der Waals surface area contributed by atoms with Crippen LogP contribution in [0.3, 0.4) is 0 Å². The monoisotopic (exact) mass is 268 g/mol. The Labute approximate surface area is 119 Å². The van der Waals surface area contributed by atoms with E-state index in [1.807, 2.05) is 0 Å². The molecule has 1 amide bonds. The van der Waals surface area contributed by atoms with Crippen LogP contribution in [-0.2, 0) is 4.79 Å². The molecule has 2 unspecified atom stereocenters. The maximum Gasteiger partial charge on any atom is 0.217 e. The van der Waals surface area contributed by atoms with E-state index in [4.69, 9.17) is 0 Å². The molecule has 1 N–H and O–H groups in total. The highest BCUT2D eigenvalue weighted by Crippen LogP contribution is 2.30. The lowest BCUT2D eigenvalue weighted by Gasteiger charge is -2.40. The van der Waals surface area contributed by atoms with E-state index in [2.05, 4.69) is 44.8 Å². The molecule has 3 nitrogen and oxygen atoms in total. The molecule has 0 aromatic carbocycles. The minimum atomic E-state index is 0.103. The second-order valence-electron chi connectivity index (χ2n) is 7.88. The van der Waals surface area contributed by atoms with Crippen molar-refractivity contribution in [3.63, 3.8) is 0 Å². The number of amides is 1. The molecule has 0 aromatic rings. The first-order chi connectivity index (χ1) is 8.65. The van der Waals surface area contributed by atoms with Gasteiger partial charge in [0.2, 0.25) is 5.91 Å². The summed E-state index contributed by atoms with van der Waals surface area (Å²) in [5, 5.41) is 3.12. The average molecular weight is 268 g/mol. The summed E-state index contributed by atoms with van der Waals surface area (Å²) >= 11 is 0. The molecule has 19 heavy (non-hydrogen) atoms. The Kier molecular flexibility index (Phi) is 5.84. The van der Waals surface area contributed by atoms with Crippen molar-refractivity contribution in [3.8, 4) is 0 Å². The molecular formula is C16H32N2O. The Morgan fingerprint density at radius 3 is 2.42 bits per heavy atom. The Morgan fingerprint density at radius 2 is 1.95 bits per heavy atom. The summed E-state index contributed by atoms with van der Waals surface area (Å²) in [6, 6.07) is 0.331. The van der Waals surface area contributed by atoms with Gasteiger partial charge in [-0.15, -0.1) is 0 Å². The Hall–Kier alpha value is -0.570. The molecule has 0 spiro atoms. The standard InChI is InChI=1S/C16H32N2O/c1-12(2)9-18-10-14(8-16(4,5)6)7-15(11-18)17-13(3)19/h12,14-15H,7-11H2,1-6H3,(H,17,19). The molecule has 1 aliphatic rings. The van der Waals surface area contributed by atoms with Crippen LogP contribution in [0.25, 0.3) is 0 Å². The van der Waals surface area contributed by atoms with Crippen molar-refractivity contribution in [1.82, 2.24) is 10.2 Å². The highest BCUT2D eigenvalue weighted by Gasteiger charge is 2.30. The van der Waals surface area contributed by atoms with E-state index in [1.54, 1.807) is 6.92 Å². The van der Waals surface area contributed by atoms with Crippen LogP contribution in [0.2, 0.25) is 0 Å². The van der Waals surface area contributed by atoms with Gasteiger partial charge in [-0.25, -0.2) is 0 Å². The van der Waals surface area contributed by atoms with Crippen LogP contribution >= 0.6 is 0 Å². The third-order valence-electron chi connectivity index (χ3n) is 3.54. The van der Waals surface area contributed by atoms with Gasteiger partial charge in [-0.05, 0) is 30.1 Å². The SMILES string of the molecule is CC(=O)NC1CC(CC(C)(C)C)CN(CC(C)C)C1. The minimum Gasteiger partial charge on any atom is -0.352 e. The van der Waals surface area contributed by atoms with Crippen molar-refractivity contribution in [2.24, 2.45) is 17.3 Å². The number of piperidine rings is 1. The molecule has 2 atom stereocenters. The largest absolute Gasteiger partial charge is 0.352 e. The summed E-state index contributed by atoms with van der Waals surface area (Å²) in [5.41, 5.74) is 0.367. The van der Waals surface area contributed by atoms with Crippen LogP contribution in [0, 0.1) is 17.3 Å². The normalized spacial score (nSPS) is 25.6. The van der Waals surface area contributed by atoms with E-state index >= 15 is 0 Å². The van der Waals surface area contributed by atoms with Crippen LogP contribution in [0.4, 0.5) is 0 Å². The van der Waals surface area contributed by atoms with E-state index in [0.29, 0.717) is 23.3 Å². The van der Waals surface area contributed by atoms with Gasteiger partial charge < -0.3 is 10.2 Å². The Balaban J connectivity index is 2.63. The third kappa shape index (κ3) is 6.95. The lowest BCUT2D eigenvalue weighted by molar-refractivity contribution is -0.120. The maximum atomic E-state index is 11.3. The highest BCUT2D eigenvalue weighted by molar-refractivity contribution is 5.73. The lowest BCUT2D eigenvalue weighted by Crippen LogP contribution is -2.51. The summed E-state index contributed by atoms with van der Waals surface area (Å²) in [6.45, 7) is 16.4. The molecule has 112 valence electrons. The molecule has 0 radical (unpaired) electrons. The van der Waals surface area contributed by atoms with Gasteiger partial charge >= 0.3 is 0 Å². The van der Waals surface area contributed by atoms with E-state index in [-0.39, 0.29) is 5.91 Å². The Bertz CT molecular complexity index is 294. The molecule has 1 fully saturated rings. The number of hydrogen-bond donors (Lipinski definition) is 1. The van der Waals surface area contributed by atoms with Gasteiger partial charge in [-0.1, -0.05) is 34.6 Å². The van der Waals surface area contributed by atoms with Gasteiger partial charge in [0.25, 0.3) is 0 Å². The van der Waals surface area contributed by atoms with Gasteiger partial charge in [0.05, 0.1) is 0 Å². The molecular weight excluding hydrogens is 236 g/mol. The fraction of sp³-hybridized carbons (Fsp3) is 0.938. The molecule has 0 aliphatic carbocycles. The van der Waals surface area contributed by atoms with Crippen molar-refractivity contribution in [1.29, 1.82) is 0 Å². The van der Waals surface area contributed by atoms with Gasteiger partial charge in [-0.3, -0.25) is 4.79 Å². The summed E-state index contributed by atoms with van der Waals surface area (Å²) < 4.78 is 0. The predicted octanol–water partition coefficient (Wildman–Crippen LogP) is 2.91. The molecule has 0 bridgehead atoms. The second kappa shape index (κ2) is 6.74. The number of carbonyl (C=O) groups is 1. The topological polar surface area (TPSA) is 32.3 Å². The number of hydrogen-bond acceptors (Lipinski definition) is 2. The minimum absolute atomic E-state index is 0.103. The van der Waals surface area contributed by atoms with Crippen LogP contribution in [0.5, 0.6) is 0 Å². The zero-order valence-electron chi connectivity index (χ0n) is 13.6. The van der Waals surface area contributed by atoms with Crippen LogP contribution in [0.1, 0.15) is 54.4 Å². The first kappa shape index (κ1) is 16.5. The van der Waals surface area contributed by atoms with Gasteiger partial charge in [0.15, 0.2) is 0 Å². The quantitative estimate of drug-likeness (QED) is 0.850. The first-order valence-electron chi connectivity index (χ1n) is 7.65. The maximum absolute atomic E-state index is 11.3. The lowest BCUT2D eigenvalue weighted by atomic mass is 9.80. The highest BCUT2D eigenvalue weighted by atomic mass is 16.1. The summed E-state index contributed by atoms with van der Waals surface area (Å²) in [5.74, 6) is 1.49. The predicted molar refractivity (Wildman–Crippen MR) is 81.1 cm³/mol. The van der Waals surface area contributed by atoms with Crippen LogP contribution in [0.15, 0.2) is 0 Å². The molecule has 1 heterocycles. The van der Waals surface area contributed by atoms with Gasteiger partial charge in [-0.2, -0.15) is 0 Å². The summed E-state index contributed by atoms with van der Waals surface area (Å²) in [7, 11) is 0. The van der Waals surface area contributed by atoms with Crippen molar-refractivity contribution in [2.75, 3.05) is 19.6 Å². The molecule has 0 saturated carbocycles. The smallest absolute Gasteiger partial charge is 0.217 e. The summed E-state index contributed by atoms with van der Waals surface area (Å²) in [4.78, 5) is 13.8. The molecule has 3 heteroatoms. The van der Waals surface area contributed by atoms with Gasteiger partial charge in [0, 0.05) is 32.6 Å². The third-order valence-corrected chi connectivity index (χ3v) is 3.54. The molecule has 1 rings (SSSR count). The number of nitrogens with zero attached hydrogens (tertiary/aromatic N) is 1. The first-order valence-corrected chi connectivity index (χ1v) is 7.65. The van der Waals surface area contributed by atoms with E-state index in [9.17, 15) is 4.79 Å². The number of likely N-dealkylation sites (tertiary alicyclic amines) is 1. The van der Waals surface area contributed by atoms with Crippen molar-refractivity contribution in [2.45, 2.75) is 60.4 Å². The number of rotatable bonds is 4. The van der Waals surface area contributed by atoms with Gasteiger partial charge in [0.1, 0.15) is 0 Å². The van der Waals surface area contributed by atoms with E-state index < -0.39 is 0 Å². The fourth-order valence-electron chi connectivity index (χ4n) is 3.37. The van der Waals surface area contributed by atoms with E-state index in [1.165, 1.54) is 13.0 Å². The second-order valence-corrected chi connectivity index (χ2v) is 7.88. The zero-order valence-corrected chi connectivity index (χ0v) is 13.6. The number of nitrogens with one attached hydrogen (secondary N) is 1. The Morgan fingerprint density at radius 1 is 1.32 bits per heavy atom. The fourth-order valence-corrected chi connectivity index (χ4v) is 3.37. The van der Waals surface area contributed by atoms with Crippen molar-refractivity contribution < 1.29 is 4.79 Å². The van der Waals surface area contributed by atoms with Crippen LogP contribution in [-0.4, -0.2) is 36.5 Å². The molecule has 1 aliphatic heterocycles. The van der Waals surface area contributed by atoms with Crippen molar-refractivity contribution in [3.05, 3.63) is 0 Å². The van der Waals surface area contributed by atoms with E-state index in [0.717, 1.165) is 19.5 Å². The van der Waals surface area contributed by atoms with Crippen molar-refractivity contribution >= 4 is 5.91 Å². The average Bonchev–Trinajstić information content (AvgIpc) is 2.10.